The smallest absolute Gasteiger partial charge is 0.246 e. The van der Waals surface area contributed by atoms with Gasteiger partial charge in [0, 0.05) is 61.9 Å². The average molecular weight is 737 g/mol. The van der Waals surface area contributed by atoms with Crippen molar-refractivity contribution >= 4 is 34.7 Å². The first-order valence-corrected chi connectivity index (χ1v) is 18.2. The number of halogens is 2. The van der Waals surface area contributed by atoms with Crippen LogP contribution >= 0.6 is 23.2 Å². The van der Waals surface area contributed by atoms with E-state index < -0.39 is 0 Å². The molecule has 0 unspecified atom stereocenters. The fraction of sp³-hybridized carbons (Fsp3) is 0.256. The number of hydrogen-bond donors (Lipinski definition) is 0. The first-order valence-electron chi connectivity index (χ1n) is 17.5. The molecular weight excluding hydrogens is 693 g/mol. The lowest BCUT2D eigenvalue weighted by Crippen LogP contribution is -2.47. The van der Waals surface area contributed by atoms with E-state index in [-0.39, 0.29) is 5.91 Å². The van der Waals surface area contributed by atoms with E-state index in [2.05, 4.69) is 53.2 Å². The van der Waals surface area contributed by atoms with Gasteiger partial charge < -0.3 is 19.1 Å². The van der Waals surface area contributed by atoms with Gasteiger partial charge in [0.05, 0.1) is 17.8 Å². The zero-order valence-electron chi connectivity index (χ0n) is 29.8. The summed E-state index contributed by atoms with van der Waals surface area (Å²) >= 11 is 12.9. The number of carbonyl (C=O) groups is 1. The highest BCUT2D eigenvalue weighted by molar-refractivity contribution is 6.32. The Morgan fingerprint density at radius 1 is 0.808 bits per heavy atom. The van der Waals surface area contributed by atoms with Crippen molar-refractivity contribution in [3.63, 3.8) is 0 Å². The molecular formula is C43H43Cl2N3O4. The van der Waals surface area contributed by atoms with Crippen LogP contribution < -0.4 is 14.2 Å². The van der Waals surface area contributed by atoms with E-state index >= 15 is 0 Å². The molecule has 0 aliphatic carbocycles. The number of allylic oxidation sites excluding steroid dienone is 1. The Morgan fingerprint density at radius 2 is 1.52 bits per heavy atom. The highest BCUT2D eigenvalue weighted by atomic mass is 35.5. The molecule has 0 bridgehead atoms. The van der Waals surface area contributed by atoms with Gasteiger partial charge in [-0.15, -0.1) is 0 Å². The molecule has 4 aromatic carbocycles. The number of pyridine rings is 1. The lowest BCUT2D eigenvalue weighted by atomic mass is 10.0. The predicted molar refractivity (Wildman–Crippen MR) is 209 cm³/mol. The molecule has 2 heterocycles. The third kappa shape index (κ3) is 10.2. The number of amides is 1. The number of aromatic nitrogens is 1. The molecule has 1 fully saturated rings. The van der Waals surface area contributed by atoms with Gasteiger partial charge in [-0.2, -0.15) is 0 Å². The Balaban J connectivity index is 0.958. The minimum Gasteiger partial charge on any atom is -0.493 e. The number of rotatable bonds is 13. The van der Waals surface area contributed by atoms with E-state index in [9.17, 15) is 4.79 Å². The van der Waals surface area contributed by atoms with Gasteiger partial charge in [-0.3, -0.25) is 9.69 Å². The molecule has 1 amide bonds. The molecule has 1 aliphatic rings. The molecule has 0 N–H and O–H groups in total. The lowest BCUT2D eigenvalue weighted by Gasteiger charge is -2.34. The van der Waals surface area contributed by atoms with Crippen molar-refractivity contribution in [3.05, 3.63) is 153 Å². The van der Waals surface area contributed by atoms with Crippen LogP contribution in [0.3, 0.4) is 0 Å². The Kier molecular flexibility index (Phi) is 12.5. The number of ether oxygens (including phenoxy) is 3. The molecule has 1 aromatic heterocycles. The van der Waals surface area contributed by atoms with Crippen molar-refractivity contribution in [2.45, 2.75) is 40.3 Å². The average Bonchev–Trinajstić information content (AvgIpc) is 3.15. The molecule has 0 saturated carbocycles. The molecule has 0 radical (unpaired) electrons. The van der Waals surface area contributed by atoms with Crippen LogP contribution in [0.5, 0.6) is 23.1 Å². The highest BCUT2D eigenvalue weighted by Crippen LogP contribution is 2.35. The summed E-state index contributed by atoms with van der Waals surface area (Å²) in [5, 5.41) is 1.09. The Bertz CT molecular complexity index is 1970. The zero-order valence-corrected chi connectivity index (χ0v) is 31.3. The number of aryl methyl sites for hydroxylation is 2. The van der Waals surface area contributed by atoms with Crippen LogP contribution in [0, 0.1) is 13.8 Å². The van der Waals surface area contributed by atoms with Crippen molar-refractivity contribution < 1.29 is 19.0 Å². The molecule has 0 atom stereocenters. The maximum absolute atomic E-state index is 13.3. The summed E-state index contributed by atoms with van der Waals surface area (Å²) in [4.78, 5) is 22.0. The van der Waals surface area contributed by atoms with Gasteiger partial charge in [0.25, 0.3) is 0 Å². The van der Waals surface area contributed by atoms with E-state index in [0.29, 0.717) is 53.7 Å². The standard InChI is InChI=1S/C43H43Cl2N3O4/c1-30-8-14-37(15-9-30)50-23-18-33-10-12-34(13-11-33)28-47-19-21-48(22-20-47)42(49)25-31(2)36-24-32(3)43(40(45)26-36)52-41-17-16-38(27-46-41)51-29-35-6-4-5-7-39(35)44/h4-17,24-27H,18-23,28-29H2,1-3H3. The van der Waals surface area contributed by atoms with E-state index in [1.54, 1.807) is 24.4 Å². The van der Waals surface area contributed by atoms with Gasteiger partial charge in [0.2, 0.25) is 11.8 Å². The van der Waals surface area contributed by atoms with E-state index in [0.717, 1.165) is 54.1 Å². The van der Waals surface area contributed by atoms with Crippen molar-refractivity contribution in [2.75, 3.05) is 32.8 Å². The Hall–Kier alpha value is -4.82. The van der Waals surface area contributed by atoms with Crippen molar-refractivity contribution in [2.24, 2.45) is 0 Å². The maximum Gasteiger partial charge on any atom is 0.246 e. The molecule has 52 heavy (non-hydrogen) atoms. The fourth-order valence-electron chi connectivity index (χ4n) is 5.96. The molecule has 268 valence electrons. The van der Waals surface area contributed by atoms with Crippen LogP contribution in [0.25, 0.3) is 5.57 Å². The quantitative estimate of drug-likeness (QED) is 0.112. The Labute approximate surface area is 316 Å². The third-order valence-electron chi connectivity index (χ3n) is 9.09. The molecule has 1 aliphatic heterocycles. The second-order valence-corrected chi connectivity index (χ2v) is 13.9. The zero-order chi connectivity index (χ0) is 36.5. The summed E-state index contributed by atoms with van der Waals surface area (Å²) in [6.45, 7) is 10.8. The van der Waals surface area contributed by atoms with Crippen LogP contribution in [0.15, 0.2) is 109 Å². The lowest BCUT2D eigenvalue weighted by molar-refractivity contribution is -0.127. The number of benzene rings is 4. The van der Waals surface area contributed by atoms with Crippen molar-refractivity contribution in [1.29, 1.82) is 0 Å². The van der Waals surface area contributed by atoms with Crippen LogP contribution in [0.2, 0.25) is 10.0 Å². The fourth-order valence-corrected chi connectivity index (χ4v) is 6.45. The monoisotopic (exact) mass is 735 g/mol. The van der Waals surface area contributed by atoms with Crippen molar-refractivity contribution in [1.82, 2.24) is 14.8 Å². The summed E-state index contributed by atoms with van der Waals surface area (Å²) < 4.78 is 17.8. The van der Waals surface area contributed by atoms with Gasteiger partial charge >= 0.3 is 0 Å². The first kappa shape index (κ1) is 37.0. The summed E-state index contributed by atoms with van der Waals surface area (Å²) in [7, 11) is 0. The van der Waals surface area contributed by atoms with Gasteiger partial charge in [0.1, 0.15) is 18.1 Å². The molecule has 6 rings (SSSR count). The third-order valence-corrected chi connectivity index (χ3v) is 9.74. The van der Waals surface area contributed by atoms with Crippen LogP contribution in [0.4, 0.5) is 0 Å². The highest BCUT2D eigenvalue weighted by Gasteiger charge is 2.21. The van der Waals surface area contributed by atoms with E-state index in [1.807, 2.05) is 67.3 Å². The van der Waals surface area contributed by atoms with Crippen LogP contribution in [-0.2, 0) is 24.4 Å². The first-order chi connectivity index (χ1) is 25.2. The maximum atomic E-state index is 13.3. The minimum atomic E-state index is 0.00417. The minimum absolute atomic E-state index is 0.00417. The van der Waals surface area contributed by atoms with Crippen molar-refractivity contribution in [3.8, 4) is 23.1 Å². The normalized spacial score (nSPS) is 13.6. The topological polar surface area (TPSA) is 64.1 Å². The molecule has 0 spiro atoms. The SMILES string of the molecule is CC(=CC(=O)N1CCN(Cc2ccc(CCOc3ccc(C)cc3)cc2)CC1)c1cc(C)c(Oc2ccc(OCc3ccccc3Cl)cn2)c(Cl)c1. The van der Waals surface area contributed by atoms with Gasteiger partial charge in [-0.25, -0.2) is 4.98 Å². The number of piperazine rings is 1. The number of carbonyl (C=O) groups excluding carboxylic acids is 1. The summed E-state index contributed by atoms with van der Waals surface area (Å²) in [5.74, 6) is 2.41. The second kappa shape index (κ2) is 17.6. The molecule has 7 nitrogen and oxygen atoms in total. The second-order valence-electron chi connectivity index (χ2n) is 13.1. The predicted octanol–water partition coefficient (Wildman–Crippen LogP) is 9.75. The van der Waals surface area contributed by atoms with Gasteiger partial charge in [-0.1, -0.05) is 83.4 Å². The van der Waals surface area contributed by atoms with Crippen LogP contribution in [0.1, 0.15) is 40.3 Å². The summed E-state index contributed by atoms with van der Waals surface area (Å²) in [6.07, 6.45) is 4.16. The summed E-state index contributed by atoms with van der Waals surface area (Å²) in [6, 6.07) is 31.8. The molecule has 9 heteroatoms. The number of nitrogens with zero attached hydrogens (tertiary/aromatic N) is 3. The Morgan fingerprint density at radius 3 is 2.21 bits per heavy atom. The number of hydrogen-bond acceptors (Lipinski definition) is 6. The van der Waals surface area contributed by atoms with Gasteiger partial charge in [-0.05, 0) is 85.0 Å². The molecule has 1 saturated heterocycles. The summed E-state index contributed by atoms with van der Waals surface area (Å²) in [5.41, 5.74) is 7.18. The van der Waals surface area contributed by atoms with E-state index in [1.165, 1.54) is 16.7 Å². The van der Waals surface area contributed by atoms with Crippen LogP contribution in [-0.4, -0.2) is 53.5 Å². The van der Waals surface area contributed by atoms with Gasteiger partial charge in [0.15, 0.2) is 5.75 Å². The largest absolute Gasteiger partial charge is 0.493 e. The molecule has 5 aromatic rings. The van der Waals surface area contributed by atoms with E-state index in [4.69, 9.17) is 37.4 Å².